The molecule has 1 atom stereocenters. The molecule has 40 heavy (non-hydrogen) atoms. The van der Waals surface area contributed by atoms with Crippen molar-refractivity contribution in [1.29, 1.82) is 0 Å². The van der Waals surface area contributed by atoms with Gasteiger partial charge in [-0.3, -0.25) is 9.36 Å². The van der Waals surface area contributed by atoms with Gasteiger partial charge in [-0.05, 0) is 44.2 Å². The summed E-state index contributed by atoms with van der Waals surface area (Å²) in [5.74, 6) is 0.829. The van der Waals surface area contributed by atoms with Crippen molar-refractivity contribution >= 4 is 22.9 Å². The summed E-state index contributed by atoms with van der Waals surface area (Å²) in [4.78, 5) is 30.3. The molecule has 10 nitrogen and oxygen atoms in total. The van der Waals surface area contributed by atoms with E-state index in [-0.39, 0.29) is 41.4 Å². The second-order valence-corrected chi connectivity index (χ2v) is 10.8. The summed E-state index contributed by atoms with van der Waals surface area (Å²) in [5, 5.41) is 9.77. The number of rotatable bonds is 7. The average molecular weight is 557 g/mol. The van der Waals surface area contributed by atoms with Crippen LogP contribution >= 0.6 is 0 Å². The second-order valence-electron chi connectivity index (χ2n) is 10.8. The number of likely N-dealkylation sites (tertiary alicyclic amines) is 1. The molecule has 1 N–H and O–H groups in total. The highest BCUT2D eigenvalue weighted by molar-refractivity contribution is 5.79. The van der Waals surface area contributed by atoms with Crippen molar-refractivity contribution in [3.8, 4) is 11.7 Å². The van der Waals surface area contributed by atoms with Gasteiger partial charge in [-0.2, -0.15) is 9.97 Å². The van der Waals surface area contributed by atoms with Crippen LogP contribution in [0.4, 0.5) is 14.7 Å². The number of aliphatic hydroxyl groups excluding tert-OH is 1. The van der Waals surface area contributed by atoms with Crippen molar-refractivity contribution < 1.29 is 28.2 Å². The molecule has 4 heterocycles. The number of aromatic nitrogens is 4. The molecule has 3 aliphatic rings. The lowest BCUT2D eigenvalue weighted by Gasteiger charge is -2.28. The number of benzene rings is 1. The zero-order chi connectivity index (χ0) is 27.6. The lowest BCUT2D eigenvalue weighted by atomic mass is 9.86. The quantitative estimate of drug-likeness (QED) is 0.472. The highest BCUT2D eigenvalue weighted by atomic mass is 19.3. The first-order valence-corrected chi connectivity index (χ1v) is 14.0. The van der Waals surface area contributed by atoms with Crippen molar-refractivity contribution in [2.75, 3.05) is 50.9 Å². The maximum atomic E-state index is 14.1. The van der Waals surface area contributed by atoms with Crippen LogP contribution in [0.3, 0.4) is 0 Å². The van der Waals surface area contributed by atoms with E-state index in [0.29, 0.717) is 75.8 Å². The number of hydrogen-bond acceptors (Lipinski definition) is 8. The van der Waals surface area contributed by atoms with Crippen molar-refractivity contribution in [2.24, 2.45) is 11.8 Å². The molecule has 2 aliphatic heterocycles. The van der Waals surface area contributed by atoms with Crippen LogP contribution in [0.25, 0.3) is 16.9 Å². The van der Waals surface area contributed by atoms with Crippen molar-refractivity contribution in [1.82, 2.24) is 24.4 Å². The Morgan fingerprint density at radius 1 is 1.05 bits per heavy atom. The monoisotopic (exact) mass is 556 g/mol. The van der Waals surface area contributed by atoms with E-state index in [2.05, 4.69) is 15.0 Å². The molecule has 214 valence electrons. The summed E-state index contributed by atoms with van der Waals surface area (Å²) in [5.41, 5.74) is 0.977. The van der Waals surface area contributed by atoms with E-state index in [1.165, 1.54) is 4.57 Å². The van der Waals surface area contributed by atoms with Gasteiger partial charge in [-0.25, -0.2) is 13.8 Å². The largest absolute Gasteiger partial charge is 0.477 e. The van der Waals surface area contributed by atoms with Gasteiger partial charge in [0.05, 0.1) is 37.0 Å². The zero-order valence-corrected chi connectivity index (χ0v) is 22.3. The molecule has 0 bridgehead atoms. The molecule has 2 saturated heterocycles. The number of para-hydroxylation sites is 2. The molecule has 0 radical (unpaired) electrons. The number of ether oxygens (including phenoxy) is 2. The number of carbonyl (C=O) groups is 1. The van der Waals surface area contributed by atoms with Crippen molar-refractivity contribution in [2.45, 2.75) is 44.6 Å². The maximum absolute atomic E-state index is 14.1. The number of halogens is 2. The number of alkyl halides is 2. The number of imidazole rings is 1. The number of anilines is 1. The molecule has 0 spiro atoms. The van der Waals surface area contributed by atoms with Gasteiger partial charge in [0, 0.05) is 44.1 Å². The third-order valence-electron chi connectivity index (χ3n) is 8.09. The van der Waals surface area contributed by atoms with Crippen LogP contribution in [0.5, 0.6) is 5.88 Å². The van der Waals surface area contributed by atoms with Gasteiger partial charge < -0.3 is 24.4 Å². The average Bonchev–Trinajstić information content (AvgIpc) is 3.62. The Labute approximate surface area is 230 Å². The fraction of sp³-hybridized carbons (Fsp3) is 0.571. The molecule has 1 saturated carbocycles. The molecule has 6 rings (SSSR count). The van der Waals surface area contributed by atoms with Gasteiger partial charge in [0.1, 0.15) is 5.82 Å². The van der Waals surface area contributed by atoms with Crippen LogP contribution < -0.4 is 9.64 Å². The van der Waals surface area contributed by atoms with Crippen molar-refractivity contribution in [3.63, 3.8) is 0 Å². The van der Waals surface area contributed by atoms with Crippen LogP contribution in [-0.2, 0) is 9.53 Å². The summed E-state index contributed by atoms with van der Waals surface area (Å²) < 4.78 is 41.2. The minimum absolute atomic E-state index is 0.0161. The predicted molar refractivity (Wildman–Crippen MR) is 143 cm³/mol. The molecule has 3 fully saturated rings. The minimum Gasteiger partial charge on any atom is -0.477 e. The summed E-state index contributed by atoms with van der Waals surface area (Å²) in [6.07, 6.45) is 0.547. The molecular weight excluding hydrogens is 522 g/mol. The number of morpholine rings is 1. The van der Waals surface area contributed by atoms with Gasteiger partial charge >= 0.3 is 0 Å². The highest BCUT2D eigenvalue weighted by Gasteiger charge is 2.33. The van der Waals surface area contributed by atoms with Gasteiger partial charge in [0.15, 0.2) is 5.82 Å². The summed E-state index contributed by atoms with van der Waals surface area (Å²) >= 11 is 0. The number of fused-ring (bicyclic) bond motifs is 1. The van der Waals surface area contributed by atoms with E-state index in [0.717, 1.165) is 19.3 Å². The predicted octanol–water partition coefficient (Wildman–Crippen LogP) is 3.37. The Balaban J connectivity index is 1.22. The molecular formula is C28H34F2N6O4. The summed E-state index contributed by atoms with van der Waals surface area (Å²) in [6.45, 7) is 3.82. The fourth-order valence-corrected chi connectivity index (χ4v) is 5.88. The van der Waals surface area contributed by atoms with E-state index in [9.17, 15) is 18.7 Å². The lowest BCUT2D eigenvalue weighted by Crippen LogP contribution is -2.37. The van der Waals surface area contributed by atoms with E-state index < -0.39 is 6.43 Å². The second kappa shape index (κ2) is 11.6. The van der Waals surface area contributed by atoms with Gasteiger partial charge in [0.25, 0.3) is 6.43 Å². The Morgan fingerprint density at radius 3 is 2.60 bits per heavy atom. The Morgan fingerprint density at radius 2 is 1.82 bits per heavy atom. The van der Waals surface area contributed by atoms with Gasteiger partial charge in [-0.1, -0.05) is 12.1 Å². The molecule has 0 unspecified atom stereocenters. The highest BCUT2D eigenvalue weighted by Crippen LogP contribution is 2.31. The summed E-state index contributed by atoms with van der Waals surface area (Å²) in [6, 6.07) is 8.55. The van der Waals surface area contributed by atoms with E-state index in [4.69, 9.17) is 9.47 Å². The minimum atomic E-state index is -2.80. The molecule has 2 aromatic heterocycles. The third-order valence-corrected chi connectivity index (χ3v) is 8.09. The first kappa shape index (κ1) is 26.8. The smallest absolute Gasteiger partial charge is 0.296 e. The van der Waals surface area contributed by atoms with Crippen LogP contribution in [0.2, 0.25) is 0 Å². The standard InChI is InChI=1S/C28H34F2N6O4/c29-25(30)26-31-21-3-1-2-4-22(21)36(26)23-15-24(33-28(32-23)34-11-13-39-14-12-34)40-17-18-9-10-35(16-18)27(38)19-5-7-20(37)8-6-19/h1-4,15,18-20,25,37H,5-14,16-17H2/t18-,19?,20?/m0/s1. The molecule has 12 heteroatoms. The SMILES string of the molecule is O=C(C1CCC(O)CC1)N1CC[C@H](COc2cc(-n3c(C(F)F)nc4ccccc43)nc(N3CCOCC3)n2)C1. The van der Waals surface area contributed by atoms with E-state index in [1.807, 2.05) is 9.80 Å². The maximum Gasteiger partial charge on any atom is 0.296 e. The van der Waals surface area contributed by atoms with Crippen LogP contribution in [-0.4, -0.2) is 87.5 Å². The van der Waals surface area contributed by atoms with Gasteiger partial charge in [0.2, 0.25) is 17.7 Å². The number of amides is 1. The van der Waals surface area contributed by atoms with E-state index >= 15 is 0 Å². The van der Waals surface area contributed by atoms with Gasteiger partial charge in [-0.15, -0.1) is 0 Å². The summed E-state index contributed by atoms with van der Waals surface area (Å²) in [7, 11) is 0. The first-order valence-electron chi connectivity index (χ1n) is 14.0. The fourth-order valence-electron chi connectivity index (χ4n) is 5.88. The Kier molecular flexibility index (Phi) is 7.79. The normalized spacial score (nSPS) is 23.8. The number of aliphatic hydroxyl groups is 1. The molecule has 1 aliphatic carbocycles. The first-order chi connectivity index (χ1) is 19.5. The third kappa shape index (κ3) is 5.60. The topological polar surface area (TPSA) is 106 Å². The number of hydrogen-bond donors (Lipinski definition) is 1. The van der Waals surface area contributed by atoms with Crippen LogP contribution in [0.1, 0.15) is 44.4 Å². The van der Waals surface area contributed by atoms with Crippen molar-refractivity contribution in [3.05, 3.63) is 36.2 Å². The Hall–Kier alpha value is -3.38. The molecule has 3 aromatic rings. The zero-order valence-electron chi connectivity index (χ0n) is 22.3. The van der Waals surface area contributed by atoms with Crippen LogP contribution in [0, 0.1) is 11.8 Å². The lowest BCUT2D eigenvalue weighted by molar-refractivity contribution is -0.136. The van der Waals surface area contributed by atoms with Crippen LogP contribution in [0.15, 0.2) is 30.3 Å². The molecule has 1 amide bonds. The number of carbonyl (C=O) groups excluding carboxylic acids is 1. The molecule has 1 aromatic carbocycles. The van der Waals surface area contributed by atoms with E-state index in [1.54, 1.807) is 30.3 Å². The number of nitrogens with zero attached hydrogens (tertiary/aromatic N) is 6. The Bertz CT molecular complexity index is 1340.